The fourth-order valence-electron chi connectivity index (χ4n) is 1.38. The number of oxime groups is 1. The topological polar surface area (TPSA) is 80.3 Å². The average molecular weight is 253 g/mol. The summed E-state index contributed by atoms with van der Waals surface area (Å²) in [5, 5.41) is 11.3. The Bertz CT molecular complexity index is 379. The van der Waals surface area contributed by atoms with Gasteiger partial charge in [0.05, 0.1) is 13.7 Å². The lowest BCUT2D eigenvalue weighted by Gasteiger charge is -2.15. The van der Waals surface area contributed by atoms with E-state index in [1.165, 1.54) is 0 Å². The molecule has 0 bridgehead atoms. The molecule has 0 saturated carbocycles. The second-order valence-electron chi connectivity index (χ2n) is 3.85. The Kier molecular flexibility index (Phi) is 5.79. The third-order valence-electron chi connectivity index (χ3n) is 2.36. The second-order valence-corrected chi connectivity index (χ2v) is 3.85. The van der Waals surface area contributed by atoms with Crippen molar-refractivity contribution in [2.24, 2.45) is 10.9 Å². The number of rotatable bonds is 7. The van der Waals surface area contributed by atoms with E-state index in [1.807, 2.05) is 36.2 Å². The van der Waals surface area contributed by atoms with Crippen LogP contribution in [0.4, 0.5) is 0 Å². The van der Waals surface area contributed by atoms with Crippen LogP contribution >= 0.6 is 0 Å². The van der Waals surface area contributed by atoms with E-state index in [-0.39, 0.29) is 5.84 Å². The molecule has 0 aliphatic heterocycles. The van der Waals surface area contributed by atoms with Crippen LogP contribution < -0.4 is 15.2 Å². The summed E-state index contributed by atoms with van der Waals surface area (Å²) in [6, 6.07) is 7.38. The van der Waals surface area contributed by atoms with Gasteiger partial charge in [-0.15, -0.1) is 0 Å². The molecule has 1 rings (SSSR count). The lowest BCUT2D eigenvalue weighted by molar-refractivity contribution is 0.249. The molecule has 6 nitrogen and oxygen atoms in total. The first-order chi connectivity index (χ1) is 8.65. The molecule has 0 aromatic heterocycles. The van der Waals surface area contributed by atoms with Gasteiger partial charge in [-0.1, -0.05) is 5.16 Å². The third-order valence-corrected chi connectivity index (χ3v) is 2.36. The minimum Gasteiger partial charge on any atom is -0.497 e. The lowest BCUT2D eigenvalue weighted by atomic mass is 10.3. The summed E-state index contributed by atoms with van der Waals surface area (Å²) in [6.45, 7) is 1.62. The third kappa shape index (κ3) is 4.92. The standard InChI is InChI=1S/C12H19N3O3/c1-15(9-12(13)14-16)7-8-18-11-5-3-10(17-2)4-6-11/h3-6,16H,7-9H2,1-2H3,(H2,13,14). The van der Waals surface area contributed by atoms with Crippen molar-refractivity contribution in [2.75, 3.05) is 33.9 Å². The Labute approximate surface area is 107 Å². The van der Waals surface area contributed by atoms with Crippen molar-refractivity contribution in [3.05, 3.63) is 24.3 Å². The van der Waals surface area contributed by atoms with Crippen LogP contribution in [0.2, 0.25) is 0 Å². The molecule has 0 unspecified atom stereocenters. The maximum atomic E-state index is 8.43. The molecule has 100 valence electrons. The molecular weight excluding hydrogens is 234 g/mol. The van der Waals surface area contributed by atoms with Crippen LogP contribution in [-0.2, 0) is 0 Å². The van der Waals surface area contributed by atoms with Crippen molar-refractivity contribution >= 4 is 5.84 Å². The first-order valence-corrected chi connectivity index (χ1v) is 5.57. The van der Waals surface area contributed by atoms with E-state index in [1.54, 1.807) is 7.11 Å². The van der Waals surface area contributed by atoms with Gasteiger partial charge in [-0.3, -0.25) is 4.90 Å². The highest BCUT2D eigenvalue weighted by atomic mass is 16.5. The molecule has 0 fully saturated rings. The van der Waals surface area contributed by atoms with E-state index >= 15 is 0 Å². The van der Waals surface area contributed by atoms with Gasteiger partial charge in [-0.2, -0.15) is 0 Å². The van der Waals surface area contributed by atoms with Gasteiger partial charge < -0.3 is 20.4 Å². The zero-order chi connectivity index (χ0) is 13.4. The number of methoxy groups -OCH3 is 1. The van der Waals surface area contributed by atoms with Crippen LogP contribution in [0.15, 0.2) is 29.4 Å². The number of nitrogens with two attached hydrogens (primary N) is 1. The first kappa shape index (κ1) is 14.1. The molecule has 0 amide bonds. The van der Waals surface area contributed by atoms with E-state index in [4.69, 9.17) is 20.4 Å². The molecule has 0 spiro atoms. The number of amidine groups is 1. The molecule has 0 aliphatic rings. The summed E-state index contributed by atoms with van der Waals surface area (Å²) in [6.07, 6.45) is 0. The van der Waals surface area contributed by atoms with Gasteiger partial charge in [0.25, 0.3) is 0 Å². The predicted octanol–water partition coefficient (Wildman–Crippen LogP) is 0.752. The van der Waals surface area contributed by atoms with Crippen LogP contribution in [0.3, 0.4) is 0 Å². The Hall–Kier alpha value is -1.95. The zero-order valence-electron chi connectivity index (χ0n) is 10.7. The highest BCUT2D eigenvalue weighted by Crippen LogP contribution is 2.16. The Balaban J connectivity index is 2.28. The first-order valence-electron chi connectivity index (χ1n) is 5.57. The van der Waals surface area contributed by atoms with Gasteiger partial charge in [-0.25, -0.2) is 0 Å². The molecule has 18 heavy (non-hydrogen) atoms. The molecule has 0 aliphatic carbocycles. The summed E-state index contributed by atoms with van der Waals surface area (Å²) >= 11 is 0. The van der Waals surface area contributed by atoms with Crippen molar-refractivity contribution in [2.45, 2.75) is 0 Å². The minimum absolute atomic E-state index is 0.182. The molecule has 0 radical (unpaired) electrons. The van der Waals surface area contributed by atoms with E-state index in [0.717, 1.165) is 11.5 Å². The van der Waals surface area contributed by atoms with E-state index < -0.39 is 0 Å². The van der Waals surface area contributed by atoms with Crippen molar-refractivity contribution in [1.82, 2.24) is 4.90 Å². The monoisotopic (exact) mass is 253 g/mol. The van der Waals surface area contributed by atoms with Crippen LogP contribution in [0.5, 0.6) is 11.5 Å². The summed E-state index contributed by atoms with van der Waals surface area (Å²) in [5.74, 6) is 1.77. The Morgan fingerprint density at radius 3 is 2.50 bits per heavy atom. The minimum atomic E-state index is 0.182. The van der Waals surface area contributed by atoms with Gasteiger partial charge in [0.15, 0.2) is 5.84 Å². The van der Waals surface area contributed by atoms with Gasteiger partial charge >= 0.3 is 0 Å². The summed E-state index contributed by atoms with van der Waals surface area (Å²) < 4.78 is 10.6. The van der Waals surface area contributed by atoms with Crippen LogP contribution in [0.1, 0.15) is 0 Å². The van der Waals surface area contributed by atoms with Crippen LogP contribution in [-0.4, -0.2) is 49.8 Å². The second kappa shape index (κ2) is 7.39. The molecule has 1 aromatic carbocycles. The zero-order valence-corrected chi connectivity index (χ0v) is 10.7. The van der Waals surface area contributed by atoms with Gasteiger partial charge in [0.1, 0.15) is 18.1 Å². The van der Waals surface area contributed by atoms with Crippen molar-refractivity contribution in [1.29, 1.82) is 0 Å². The average Bonchev–Trinajstić information content (AvgIpc) is 2.39. The SMILES string of the molecule is COc1ccc(OCCN(C)CC(N)=NO)cc1. The molecule has 0 atom stereocenters. The number of hydrogen-bond acceptors (Lipinski definition) is 5. The number of nitrogens with zero attached hydrogens (tertiary/aromatic N) is 2. The van der Waals surface area contributed by atoms with Gasteiger partial charge in [0, 0.05) is 6.54 Å². The predicted molar refractivity (Wildman–Crippen MR) is 69.4 cm³/mol. The van der Waals surface area contributed by atoms with E-state index in [2.05, 4.69) is 5.16 Å². The van der Waals surface area contributed by atoms with Crippen molar-refractivity contribution < 1.29 is 14.7 Å². The summed E-state index contributed by atoms with van der Waals surface area (Å²) in [4.78, 5) is 1.90. The summed E-state index contributed by atoms with van der Waals surface area (Å²) in [7, 11) is 3.49. The molecule has 1 aromatic rings. The van der Waals surface area contributed by atoms with Gasteiger partial charge in [-0.05, 0) is 31.3 Å². The van der Waals surface area contributed by atoms with Crippen LogP contribution in [0.25, 0.3) is 0 Å². The fraction of sp³-hybridized carbons (Fsp3) is 0.417. The molecule has 0 heterocycles. The Morgan fingerprint density at radius 1 is 1.33 bits per heavy atom. The number of likely N-dealkylation sites (N-methyl/N-ethyl adjacent to an activating group) is 1. The number of ether oxygens (including phenoxy) is 2. The van der Waals surface area contributed by atoms with Crippen molar-refractivity contribution in [3.8, 4) is 11.5 Å². The normalized spacial score (nSPS) is 11.6. The molecule has 3 N–H and O–H groups in total. The smallest absolute Gasteiger partial charge is 0.153 e. The largest absolute Gasteiger partial charge is 0.497 e. The highest BCUT2D eigenvalue weighted by molar-refractivity contribution is 5.81. The van der Waals surface area contributed by atoms with Gasteiger partial charge in [0.2, 0.25) is 0 Å². The Morgan fingerprint density at radius 2 is 1.94 bits per heavy atom. The maximum absolute atomic E-state index is 8.43. The van der Waals surface area contributed by atoms with E-state index in [9.17, 15) is 0 Å². The molecule has 6 heteroatoms. The molecule has 0 saturated heterocycles. The summed E-state index contributed by atoms with van der Waals surface area (Å²) in [5.41, 5.74) is 5.39. The number of benzene rings is 1. The molecular formula is C12H19N3O3. The fourth-order valence-corrected chi connectivity index (χ4v) is 1.38. The van der Waals surface area contributed by atoms with Crippen LogP contribution in [0, 0.1) is 0 Å². The highest BCUT2D eigenvalue weighted by Gasteiger charge is 2.02. The van der Waals surface area contributed by atoms with E-state index in [0.29, 0.717) is 19.7 Å². The lowest BCUT2D eigenvalue weighted by Crippen LogP contribution is -2.33. The quantitative estimate of drug-likeness (QED) is 0.324. The van der Waals surface area contributed by atoms with Crippen molar-refractivity contribution in [3.63, 3.8) is 0 Å². The number of hydrogen-bond donors (Lipinski definition) is 2. The maximum Gasteiger partial charge on any atom is 0.153 e.